The minimum atomic E-state index is -0.817. The summed E-state index contributed by atoms with van der Waals surface area (Å²) in [4.78, 5) is 23.4. The molecule has 0 saturated carbocycles. The minimum Gasteiger partial charge on any atom is -0.490 e. The SMILES string of the molecule is CCOC(=O)C1=COC(C)(C)C(C(=O)OCC)=C1. The minimum absolute atomic E-state index is 0.208. The van der Waals surface area contributed by atoms with Crippen molar-refractivity contribution in [1.29, 1.82) is 0 Å². The van der Waals surface area contributed by atoms with Crippen molar-refractivity contribution in [2.75, 3.05) is 13.2 Å². The molecule has 0 saturated heterocycles. The summed E-state index contributed by atoms with van der Waals surface area (Å²) in [6.45, 7) is 7.43. The normalized spacial score (nSPS) is 17.1. The molecule has 1 heterocycles. The van der Waals surface area contributed by atoms with Crippen LogP contribution < -0.4 is 0 Å². The lowest BCUT2D eigenvalue weighted by atomic mass is 9.94. The molecule has 0 aromatic heterocycles. The van der Waals surface area contributed by atoms with Crippen molar-refractivity contribution in [2.45, 2.75) is 33.3 Å². The molecule has 0 N–H and O–H groups in total. The molecule has 100 valence electrons. The molecule has 0 aromatic rings. The maximum atomic E-state index is 11.8. The van der Waals surface area contributed by atoms with Gasteiger partial charge < -0.3 is 14.2 Å². The average molecular weight is 254 g/mol. The van der Waals surface area contributed by atoms with Gasteiger partial charge in [0, 0.05) is 0 Å². The first kappa shape index (κ1) is 14.3. The number of hydrogen-bond donors (Lipinski definition) is 0. The van der Waals surface area contributed by atoms with Gasteiger partial charge in [-0.05, 0) is 33.8 Å². The highest BCUT2D eigenvalue weighted by Crippen LogP contribution is 2.28. The standard InChI is InChI=1S/C13H18O5/c1-5-16-11(14)9-7-10(12(15)17-6-2)13(3,4)18-8-9/h7-8H,5-6H2,1-4H3. The van der Waals surface area contributed by atoms with E-state index in [2.05, 4.69) is 0 Å². The third-order valence-electron chi connectivity index (χ3n) is 2.44. The van der Waals surface area contributed by atoms with Crippen LogP contribution in [0.4, 0.5) is 0 Å². The quantitative estimate of drug-likeness (QED) is 0.715. The summed E-state index contributed by atoms with van der Waals surface area (Å²) < 4.78 is 15.2. The molecule has 1 rings (SSSR count). The van der Waals surface area contributed by atoms with Crippen molar-refractivity contribution >= 4 is 11.9 Å². The molecule has 0 aliphatic carbocycles. The van der Waals surface area contributed by atoms with Crippen LogP contribution >= 0.6 is 0 Å². The van der Waals surface area contributed by atoms with Crippen molar-refractivity contribution in [3.05, 3.63) is 23.5 Å². The first-order valence-corrected chi connectivity index (χ1v) is 5.86. The fraction of sp³-hybridized carbons (Fsp3) is 0.538. The van der Waals surface area contributed by atoms with Gasteiger partial charge in [-0.15, -0.1) is 0 Å². The number of esters is 2. The largest absolute Gasteiger partial charge is 0.490 e. The fourth-order valence-corrected chi connectivity index (χ4v) is 1.47. The third-order valence-corrected chi connectivity index (χ3v) is 2.44. The second-order valence-electron chi connectivity index (χ2n) is 4.20. The molecule has 0 fully saturated rings. The number of carbonyl (C=O) groups is 2. The molecule has 1 aliphatic rings. The summed E-state index contributed by atoms with van der Waals surface area (Å²) in [5.74, 6) is -1.01. The Morgan fingerprint density at radius 1 is 1.17 bits per heavy atom. The molecular formula is C13H18O5. The van der Waals surface area contributed by atoms with Gasteiger partial charge in [0.25, 0.3) is 0 Å². The van der Waals surface area contributed by atoms with Crippen LogP contribution in [0, 0.1) is 0 Å². The van der Waals surface area contributed by atoms with E-state index in [4.69, 9.17) is 14.2 Å². The molecule has 0 radical (unpaired) electrons. The molecule has 0 amide bonds. The molecule has 0 spiro atoms. The predicted molar refractivity (Wildman–Crippen MR) is 64.6 cm³/mol. The second kappa shape index (κ2) is 5.71. The van der Waals surface area contributed by atoms with Gasteiger partial charge in [0.05, 0.1) is 30.6 Å². The van der Waals surface area contributed by atoms with Crippen LogP contribution in [0.25, 0.3) is 0 Å². The van der Waals surface area contributed by atoms with E-state index in [1.54, 1.807) is 27.7 Å². The van der Waals surface area contributed by atoms with Crippen LogP contribution in [-0.2, 0) is 23.8 Å². The van der Waals surface area contributed by atoms with Crippen molar-refractivity contribution in [3.8, 4) is 0 Å². The molecule has 18 heavy (non-hydrogen) atoms. The lowest BCUT2D eigenvalue weighted by Gasteiger charge is -2.29. The van der Waals surface area contributed by atoms with Crippen LogP contribution in [-0.4, -0.2) is 30.8 Å². The average Bonchev–Trinajstić information content (AvgIpc) is 2.29. The van der Waals surface area contributed by atoms with E-state index in [1.165, 1.54) is 12.3 Å². The number of ether oxygens (including phenoxy) is 3. The highest BCUT2D eigenvalue weighted by atomic mass is 16.5. The third kappa shape index (κ3) is 3.12. The number of rotatable bonds is 4. The molecule has 0 unspecified atom stereocenters. The summed E-state index contributed by atoms with van der Waals surface area (Å²) in [5.41, 5.74) is -0.309. The Hall–Kier alpha value is -1.78. The van der Waals surface area contributed by atoms with E-state index >= 15 is 0 Å². The topological polar surface area (TPSA) is 61.8 Å². The molecule has 0 bridgehead atoms. The Labute approximate surface area is 106 Å². The molecular weight excluding hydrogens is 236 g/mol. The van der Waals surface area contributed by atoms with Crippen molar-refractivity contribution in [3.63, 3.8) is 0 Å². The van der Waals surface area contributed by atoms with E-state index in [1.807, 2.05) is 0 Å². The number of carbonyl (C=O) groups excluding carboxylic acids is 2. The van der Waals surface area contributed by atoms with Gasteiger partial charge in [-0.3, -0.25) is 0 Å². The lowest BCUT2D eigenvalue weighted by molar-refractivity contribution is -0.141. The zero-order chi connectivity index (χ0) is 13.8. The highest BCUT2D eigenvalue weighted by molar-refractivity contribution is 5.98. The van der Waals surface area contributed by atoms with Crippen LogP contribution in [0.1, 0.15) is 27.7 Å². The van der Waals surface area contributed by atoms with Crippen LogP contribution in [0.2, 0.25) is 0 Å². The summed E-state index contributed by atoms with van der Waals surface area (Å²) in [7, 11) is 0. The Balaban J connectivity index is 2.98. The first-order valence-electron chi connectivity index (χ1n) is 5.86. The zero-order valence-corrected chi connectivity index (χ0v) is 11.1. The van der Waals surface area contributed by atoms with E-state index in [9.17, 15) is 9.59 Å². The summed E-state index contributed by atoms with van der Waals surface area (Å²) in [6.07, 6.45) is 2.76. The van der Waals surface area contributed by atoms with Crippen molar-refractivity contribution in [2.24, 2.45) is 0 Å². The van der Waals surface area contributed by atoms with Crippen LogP contribution in [0.5, 0.6) is 0 Å². The van der Waals surface area contributed by atoms with Gasteiger partial charge in [0.2, 0.25) is 0 Å². The van der Waals surface area contributed by atoms with Gasteiger partial charge in [-0.1, -0.05) is 0 Å². The van der Waals surface area contributed by atoms with E-state index < -0.39 is 17.5 Å². The molecule has 1 aliphatic heterocycles. The monoisotopic (exact) mass is 254 g/mol. The Morgan fingerprint density at radius 3 is 2.28 bits per heavy atom. The van der Waals surface area contributed by atoms with E-state index in [0.29, 0.717) is 5.57 Å². The Morgan fingerprint density at radius 2 is 1.72 bits per heavy atom. The maximum Gasteiger partial charge on any atom is 0.341 e. The summed E-state index contributed by atoms with van der Waals surface area (Å²) in [6, 6.07) is 0. The van der Waals surface area contributed by atoms with Gasteiger partial charge in [-0.2, -0.15) is 0 Å². The van der Waals surface area contributed by atoms with Gasteiger partial charge >= 0.3 is 11.9 Å². The molecule has 0 atom stereocenters. The smallest absolute Gasteiger partial charge is 0.341 e. The van der Waals surface area contributed by atoms with Crippen LogP contribution in [0.15, 0.2) is 23.5 Å². The zero-order valence-electron chi connectivity index (χ0n) is 11.1. The van der Waals surface area contributed by atoms with Gasteiger partial charge in [0.1, 0.15) is 5.60 Å². The number of hydrogen-bond acceptors (Lipinski definition) is 5. The first-order chi connectivity index (χ1) is 8.42. The van der Waals surface area contributed by atoms with Crippen LogP contribution in [0.3, 0.4) is 0 Å². The van der Waals surface area contributed by atoms with Crippen molar-refractivity contribution in [1.82, 2.24) is 0 Å². The maximum absolute atomic E-state index is 11.8. The molecule has 0 aromatic carbocycles. The van der Waals surface area contributed by atoms with E-state index in [0.717, 1.165) is 0 Å². The molecule has 5 heteroatoms. The van der Waals surface area contributed by atoms with E-state index in [-0.39, 0.29) is 18.8 Å². The Bertz CT molecular complexity index is 404. The van der Waals surface area contributed by atoms with Crippen molar-refractivity contribution < 1.29 is 23.8 Å². The summed E-state index contributed by atoms with van der Waals surface area (Å²) in [5, 5.41) is 0. The summed E-state index contributed by atoms with van der Waals surface area (Å²) >= 11 is 0. The molecule has 5 nitrogen and oxygen atoms in total. The second-order valence-corrected chi connectivity index (χ2v) is 4.20. The predicted octanol–water partition coefficient (Wildman–Crippen LogP) is 1.73. The Kier molecular flexibility index (Phi) is 4.53. The lowest BCUT2D eigenvalue weighted by Crippen LogP contribution is -2.34. The van der Waals surface area contributed by atoms with Gasteiger partial charge in [-0.25, -0.2) is 9.59 Å². The van der Waals surface area contributed by atoms with Gasteiger partial charge in [0.15, 0.2) is 0 Å². The fourth-order valence-electron chi connectivity index (χ4n) is 1.47. The highest BCUT2D eigenvalue weighted by Gasteiger charge is 2.35.